The quantitative estimate of drug-likeness (QED) is 0.830. The van der Waals surface area contributed by atoms with Crippen molar-refractivity contribution in [1.29, 1.82) is 5.26 Å². The molecule has 1 fully saturated rings. The molecule has 1 aliphatic rings. The third kappa shape index (κ3) is 3.72. The number of carbonyl (C=O) groups is 1. The van der Waals surface area contributed by atoms with E-state index in [1.807, 2.05) is 36.0 Å². The lowest BCUT2D eigenvalue weighted by Crippen LogP contribution is -2.60. The first-order valence-electron chi connectivity index (χ1n) is 6.91. The fourth-order valence-corrected chi connectivity index (χ4v) is 2.48. The largest absolute Gasteiger partial charge is 0.508 e. The number of hydrazine groups is 1. The van der Waals surface area contributed by atoms with Crippen molar-refractivity contribution in [2.75, 3.05) is 26.8 Å². The molecule has 0 aliphatic carbocycles. The lowest BCUT2D eigenvalue weighted by molar-refractivity contribution is -0.158. The van der Waals surface area contributed by atoms with Crippen molar-refractivity contribution in [3.8, 4) is 11.8 Å². The first-order chi connectivity index (χ1) is 10.0. The second-order valence-electron chi connectivity index (χ2n) is 5.36. The van der Waals surface area contributed by atoms with Crippen molar-refractivity contribution >= 4 is 5.91 Å². The van der Waals surface area contributed by atoms with Crippen molar-refractivity contribution < 1.29 is 9.90 Å². The van der Waals surface area contributed by atoms with Gasteiger partial charge in [0.15, 0.2) is 0 Å². The molecule has 112 valence electrons. The monoisotopic (exact) mass is 288 g/mol. The number of aromatic hydroxyl groups is 1. The number of carbonyl (C=O) groups excluding carboxylic acids is 1. The Morgan fingerprint density at radius 1 is 1.38 bits per heavy atom. The highest BCUT2D eigenvalue weighted by atomic mass is 16.3. The SMILES string of the molecule is CC(Cc1ccc(O)cc1)N1CN(C)N(CC#N)CC1=O. The number of hydrogen-bond acceptors (Lipinski definition) is 5. The Bertz CT molecular complexity index is 538. The van der Waals surface area contributed by atoms with Crippen molar-refractivity contribution in [3.05, 3.63) is 29.8 Å². The standard InChI is InChI=1S/C15H20N4O2/c1-12(9-13-3-5-14(20)6-4-13)19-11-17(2)18(8-7-16)10-15(19)21/h3-6,12,20H,8-11H2,1-2H3. The molecule has 21 heavy (non-hydrogen) atoms. The molecule has 1 aromatic rings. The highest BCUT2D eigenvalue weighted by molar-refractivity contribution is 5.79. The molecule has 0 aromatic heterocycles. The summed E-state index contributed by atoms with van der Waals surface area (Å²) in [5, 5.41) is 21.7. The fourth-order valence-electron chi connectivity index (χ4n) is 2.48. The van der Waals surface area contributed by atoms with E-state index in [1.165, 1.54) is 0 Å². The molecule has 0 radical (unpaired) electrons. The van der Waals surface area contributed by atoms with Gasteiger partial charge in [0.05, 0.1) is 19.3 Å². The van der Waals surface area contributed by atoms with Crippen LogP contribution in [0.25, 0.3) is 0 Å². The van der Waals surface area contributed by atoms with Gasteiger partial charge >= 0.3 is 0 Å². The van der Waals surface area contributed by atoms with E-state index in [9.17, 15) is 9.90 Å². The molecule has 1 amide bonds. The van der Waals surface area contributed by atoms with Crippen LogP contribution in [0.15, 0.2) is 24.3 Å². The van der Waals surface area contributed by atoms with Crippen LogP contribution in [0.3, 0.4) is 0 Å². The zero-order chi connectivity index (χ0) is 15.4. The average molecular weight is 288 g/mol. The normalized spacial score (nSPS) is 18.5. The summed E-state index contributed by atoms with van der Waals surface area (Å²) in [5.41, 5.74) is 1.08. The van der Waals surface area contributed by atoms with Gasteiger partial charge in [0.1, 0.15) is 12.3 Å². The maximum Gasteiger partial charge on any atom is 0.239 e. The van der Waals surface area contributed by atoms with E-state index < -0.39 is 0 Å². The number of phenolic OH excluding ortho intramolecular Hbond substituents is 1. The lowest BCUT2D eigenvalue weighted by atomic mass is 10.1. The van der Waals surface area contributed by atoms with E-state index in [0.29, 0.717) is 6.67 Å². The van der Waals surface area contributed by atoms with Gasteiger partial charge in [0.25, 0.3) is 0 Å². The predicted molar refractivity (Wildman–Crippen MR) is 77.9 cm³/mol. The zero-order valence-electron chi connectivity index (χ0n) is 12.4. The van der Waals surface area contributed by atoms with E-state index in [4.69, 9.17) is 5.26 Å². The molecular formula is C15H20N4O2. The number of hydrogen-bond donors (Lipinski definition) is 1. The molecule has 1 unspecified atom stereocenters. The molecular weight excluding hydrogens is 268 g/mol. The fraction of sp³-hybridized carbons (Fsp3) is 0.467. The van der Waals surface area contributed by atoms with E-state index in [1.54, 1.807) is 17.1 Å². The van der Waals surface area contributed by atoms with Gasteiger partial charge in [-0.15, -0.1) is 0 Å². The number of phenols is 1. The summed E-state index contributed by atoms with van der Waals surface area (Å²) in [4.78, 5) is 14.0. The van der Waals surface area contributed by atoms with Crippen LogP contribution in [-0.4, -0.2) is 58.8 Å². The second kappa shape index (κ2) is 6.57. The molecule has 6 nitrogen and oxygen atoms in total. The number of benzene rings is 1. The summed E-state index contributed by atoms with van der Waals surface area (Å²) in [6.07, 6.45) is 0.734. The van der Waals surface area contributed by atoms with Gasteiger partial charge in [0, 0.05) is 13.1 Å². The Balaban J connectivity index is 1.99. The van der Waals surface area contributed by atoms with Crippen LogP contribution in [0.4, 0.5) is 0 Å². The highest BCUT2D eigenvalue weighted by Crippen LogP contribution is 2.16. The van der Waals surface area contributed by atoms with Crippen molar-refractivity contribution in [3.63, 3.8) is 0 Å². The maximum atomic E-state index is 12.2. The molecule has 6 heteroatoms. The maximum absolute atomic E-state index is 12.2. The van der Waals surface area contributed by atoms with Gasteiger partial charge < -0.3 is 10.0 Å². The summed E-state index contributed by atoms with van der Waals surface area (Å²) >= 11 is 0. The smallest absolute Gasteiger partial charge is 0.239 e. The topological polar surface area (TPSA) is 70.8 Å². The Morgan fingerprint density at radius 3 is 2.67 bits per heavy atom. The molecule has 1 heterocycles. The van der Waals surface area contributed by atoms with E-state index >= 15 is 0 Å². The van der Waals surface area contributed by atoms with Crippen LogP contribution in [0.2, 0.25) is 0 Å². The summed E-state index contributed by atoms with van der Waals surface area (Å²) in [6.45, 7) is 2.96. The highest BCUT2D eigenvalue weighted by Gasteiger charge is 2.30. The van der Waals surface area contributed by atoms with Gasteiger partial charge in [-0.25, -0.2) is 10.0 Å². The summed E-state index contributed by atoms with van der Waals surface area (Å²) in [5.74, 6) is 0.280. The van der Waals surface area contributed by atoms with Crippen LogP contribution in [-0.2, 0) is 11.2 Å². The second-order valence-corrected chi connectivity index (χ2v) is 5.36. The average Bonchev–Trinajstić information content (AvgIpc) is 2.45. The molecule has 1 aromatic carbocycles. The van der Waals surface area contributed by atoms with Crippen LogP contribution >= 0.6 is 0 Å². The van der Waals surface area contributed by atoms with Crippen LogP contribution < -0.4 is 0 Å². The van der Waals surface area contributed by atoms with E-state index in [-0.39, 0.29) is 30.8 Å². The number of rotatable bonds is 4. The molecule has 1 atom stereocenters. The molecule has 2 rings (SSSR count). The summed E-state index contributed by atoms with van der Waals surface area (Å²) < 4.78 is 0. The predicted octanol–water partition coefficient (Wildman–Crippen LogP) is 0.795. The van der Waals surface area contributed by atoms with E-state index in [0.717, 1.165) is 12.0 Å². The molecule has 0 bridgehead atoms. The lowest BCUT2D eigenvalue weighted by Gasteiger charge is -2.42. The summed E-state index contributed by atoms with van der Waals surface area (Å²) in [6, 6.07) is 9.17. The number of nitrogens with zero attached hydrogens (tertiary/aromatic N) is 4. The molecule has 1 aliphatic heterocycles. The van der Waals surface area contributed by atoms with Crippen molar-refractivity contribution in [2.45, 2.75) is 19.4 Å². The minimum Gasteiger partial charge on any atom is -0.508 e. The Hall–Kier alpha value is -2.10. The Kier molecular flexibility index (Phi) is 4.78. The van der Waals surface area contributed by atoms with Gasteiger partial charge in [-0.1, -0.05) is 12.1 Å². The van der Waals surface area contributed by atoms with Crippen LogP contribution in [0.1, 0.15) is 12.5 Å². The number of nitriles is 1. The van der Waals surface area contributed by atoms with Crippen LogP contribution in [0.5, 0.6) is 5.75 Å². The Labute approximate surface area is 124 Å². The molecule has 1 saturated heterocycles. The minimum atomic E-state index is 0.0367. The molecule has 1 N–H and O–H groups in total. The van der Waals surface area contributed by atoms with Gasteiger partial charge in [-0.2, -0.15) is 5.26 Å². The van der Waals surface area contributed by atoms with Gasteiger partial charge in [0.2, 0.25) is 5.91 Å². The number of amides is 1. The molecule has 0 spiro atoms. The molecule has 0 saturated carbocycles. The third-order valence-electron chi connectivity index (χ3n) is 3.73. The van der Waals surface area contributed by atoms with Gasteiger partial charge in [-0.05, 0) is 31.0 Å². The van der Waals surface area contributed by atoms with Crippen LogP contribution in [0, 0.1) is 11.3 Å². The van der Waals surface area contributed by atoms with E-state index in [2.05, 4.69) is 6.07 Å². The minimum absolute atomic E-state index is 0.0367. The zero-order valence-corrected chi connectivity index (χ0v) is 12.4. The summed E-state index contributed by atoms with van der Waals surface area (Å²) in [7, 11) is 1.88. The van der Waals surface area contributed by atoms with Crippen molar-refractivity contribution in [2.24, 2.45) is 0 Å². The Morgan fingerprint density at radius 2 is 2.05 bits per heavy atom. The third-order valence-corrected chi connectivity index (χ3v) is 3.73. The first kappa shape index (κ1) is 15.3. The first-order valence-corrected chi connectivity index (χ1v) is 6.91. The van der Waals surface area contributed by atoms with Gasteiger partial charge in [-0.3, -0.25) is 4.79 Å². The van der Waals surface area contributed by atoms with Crippen molar-refractivity contribution in [1.82, 2.24) is 14.9 Å².